The van der Waals surface area contributed by atoms with Crippen LogP contribution in [0.25, 0.3) is 0 Å². The van der Waals surface area contributed by atoms with E-state index in [1.807, 2.05) is 18.2 Å². The van der Waals surface area contributed by atoms with Crippen LogP contribution in [0.1, 0.15) is 15.9 Å². The molecule has 0 N–H and O–H groups in total. The molecule has 0 saturated heterocycles. The number of hydrogen-bond donors (Lipinski definition) is 0. The molecule has 0 aliphatic heterocycles. The Kier molecular flexibility index (Phi) is 5.17. The summed E-state index contributed by atoms with van der Waals surface area (Å²) in [6, 6.07) is 14.1. The van der Waals surface area contributed by atoms with Crippen molar-refractivity contribution < 1.29 is 14.3 Å². The minimum absolute atomic E-state index is 0.0847. The van der Waals surface area contributed by atoms with Crippen LogP contribution >= 0.6 is 22.6 Å². The number of rotatable bonds is 5. The van der Waals surface area contributed by atoms with Crippen LogP contribution < -0.4 is 9.47 Å². The first-order valence-electron chi connectivity index (χ1n) is 6.13. The Morgan fingerprint density at radius 2 is 1.86 bits per heavy atom. The third kappa shape index (κ3) is 4.20. The Bertz CT molecular complexity index is 690. The van der Waals surface area contributed by atoms with Crippen LogP contribution in [0.3, 0.4) is 0 Å². The molecule has 5 heteroatoms. The number of methoxy groups -OCH3 is 1. The third-order valence-corrected chi connectivity index (χ3v) is 3.50. The number of halogens is 1. The van der Waals surface area contributed by atoms with Crippen LogP contribution in [-0.2, 0) is 0 Å². The lowest BCUT2D eigenvalue weighted by molar-refractivity contribution is 0.0921. The van der Waals surface area contributed by atoms with E-state index in [-0.39, 0.29) is 12.4 Å². The van der Waals surface area contributed by atoms with Crippen molar-refractivity contribution in [2.75, 3.05) is 13.7 Å². The SMILES string of the molecule is COc1cc(C#N)cc(OCC(=O)c2ccc(I)cc2)c1. The van der Waals surface area contributed by atoms with Gasteiger partial charge >= 0.3 is 0 Å². The molecule has 0 atom stereocenters. The summed E-state index contributed by atoms with van der Waals surface area (Å²) in [6.45, 7) is -0.0847. The Labute approximate surface area is 136 Å². The second-order valence-corrected chi connectivity index (χ2v) is 5.47. The zero-order chi connectivity index (χ0) is 15.2. The maximum Gasteiger partial charge on any atom is 0.200 e. The third-order valence-electron chi connectivity index (χ3n) is 2.78. The summed E-state index contributed by atoms with van der Waals surface area (Å²) >= 11 is 2.18. The normalized spacial score (nSPS) is 9.76. The molecule has 0 fully saturated rings. The zero-order valence-electron chi connectivity index (χ0n) is 11.3. The van der Waals surface area contributed by atoms with Crippen LogP contribution in [0.5, 0.6) is 11.5 Å². The van der Waals surface area contributed by atoms with Gasteiger partial charge in [-0.3, -0.25) is 4.79 Å². The van der Waals surface area contributed by atoms with Gasteiger partial charge in [0.05, 0.1) is 18.7 Å². The molecule has 0 saturated carbocycles. The maximum atomic E-state index is 12.0. The van der Waals surface area contributed by atoms with E-state index < -0.39 is 0 Å². The van der Waals surface area contributed by atoms with Crippen LogP contribution in [-0.4, -0.2) is 19.5 Å². The van der Waals surface area contributed by atoms with Gasteiger partial charge in [0.2, 0.25) is 0 Å². The molecule has 2 aromatic rings. The molecule has 106 valence electrons. The van der Waals surface area contributed by atoms with Crippen molar-refractivity contribution in [1.29, 1.82) is 5.26 Å². The van der Waals surface area contributed by atoms with Gasteiger partial charge in [-0.25, -0.2) is 0 Å². The number of nitrogens with zero attached hydrogens (tertiary/aromatic N) is 1. The number of hydrogen-bond acceptors (Lipinski definition) is 4. The standard InChI is InChI=1S/C16H12INO3/c1-20-14-6-11(9-18)7-15(8-14)21-10-16(19)12-2-4-13(17)5-3-12/h2-8H,10H2,1H3. The van der Waals surface area contributed by atoms with E-state index in [0.717, 1.165) is 3.57 Å². The van der Waals surface area contributed by atoms with E-state index >= 15 is 0 Å². The first-order chi connectivity index (χ1) is 10.1. The predicted molar refractivity (Wildman–Crippen MR) is 86.7 cm³/mol. The van der Waals surface area contributed by atoms with Gasteiger partial charge in [-0.05, 0) is 46.9 Å². The highest BCUT2D eigenvalue weighted by Crippen LogP contribution is 2.22. The molecule has 0 aromatic heterocycles. The highest BCUT2D eigenvalue weighted by Gasteiger charge is 2.08. The highest BCUT2D eigenvalue weighted by atomic mass is 127. The first kappa shape index (κ1) is 15.3. The molecule has 2 aromatic carbocycles. The fraction of sp³-hybridized carbons (Fsp3) is 0.125. The summed E-state index contributed by atoms with van der Waals surface area (Å²) in [5, 5.41) is 8.93. The molecule has 0 amide bonds. The monoisotopic (exact) mass is 393 g/mol. The van der Waals surface area contributed by atoms with Crippen molar-refractivity contribution >= 4 is 28.4 Å². The van der Waals surface area contributed by atoms with E-state index in [1.54, 1.807) is 30.3 Å². The summed E-state index contributed by atoms with van der Waals surface area (Å²) in [5.41, 5.74) is 1.02. The molecule has 0 bridgehead atoms. The van der Waals surface area contributed by atoms with E-state index in [2.05, 4.69) is 22.6 Å². The maximum absolute atomic E-state index is 12.0. The van der Waals surface area contributed by atoms with Gasteiger partial charge in [-0.15, -0.1) is 0 Å². The van der Waals surface area contributed by atoms with Crippen LogP contribution in [0.4, 0.5) is 0 Å². The number of Topliss-reactive ketones (excluding diaryl/α,β-unsaturated/α-hetero) is 1. The number of ether oxygens (including phenoxy) is 2. The molecule has 4 nitrogen and oxygen atoms in total. The molecule has 0 heterocycles. The second kappa shape index (κ2) is 7.09. The van der Waals surface area contributed by atoms with Crippen molar-refractivity contribution in [1.82, 2.24) is 0 Å². The number of carbonyl (C=O) groups is 1. The number of ketones is 1. The van der Waals surface area contributed by atoms with Gasteiger partial charge in [0, 0.05) is 15.2 Å². The Morgan fingerprint density at radius 1 is 1.19 bits per heavy atom. The van der Waals surface area contributed by atoms with Crippen molar-refractivity contribution in [3.63, 3.8) is 0 Å². The topological polar surface area (TPSA) is 59.3 Å². The van der Waals surface area contributed by atoms with Crippen molar-refractivity contribution in [2.45, 2.75) is 0 Å². The average molecular weight is 393 g/mol. The smallest absolute Gasteiger partial charge is 0.200 e. The van der Waals surface area contributed by atoms with E-state index in [1.165, 1.54) is 7.11 Å². The van der Waals surface area contributed by atoms with Gasteiger partial charge in [0.15, 0.2) is 12.4 Å². The van der Waals surface area contributed by atoms with Gasteiger partial charge < -0.3 is 9.47 Å². The molecule has 0 aliphatic rings. The molecular formula is C16H12INO3. The number of carbonyl (C=O) groups excluding carboxylic acids is 1. The summed E-state index contributed by atoms with van der Waals surface area (Å²) in [6.07, 6.45) is 0. The van der Waals surface area contributed by atoms with Gasteiger partial charge in [0.1, 0.15) is 11.5 Å². The lowest BCUT2D eigenvalue weighted by Crippen LogP contribution is -2.11. The molecule has 2 rings (SSSR count). The largest absolute Gasteiger partial charge is 0.497 e. The molecule has 0 radical (unpaired) electrons. The van der Waals surface area contributed by atoms with Gasteiger partial charge in [-0.1, -0.05) is 12.1 Å². The lowest BCUT2D eigenvalue weighted by atomic mass is 10.1. The summed E-state index contributed by atoms with van der Waals surface area (Å²) in [5.74, 6) is 0.836. The summed E-state index contributed by atoms with van der Waals surface area (Å²) in [7, 11) is 1.51. The quantitative estimate of drug-likeness (QED) is 0.577. The van der Waals surface area contributed by atoms with Crippen molar-refractivity contribution in [3.05, 3.63) is 57.2 Å². The fourth-order valence-electron chi connectivity index (χ4n) is 1.71. The lowest BCUT2D eigenvalue weighted by Gasteiger charge is -2.08. The molecule has 0 aliphatic carbocycles. The molecular weight excluding hydrogens is 381 g/mol. The van der Waals surface area contributed by atoms with Crippen LogP contribution in [0.15, 0.2) is 42.5 Å². The van der Waals surface area contributed by atoms with E-state index in [9.17, 15) is 4.79 Å². The number of nitriles is 1. The second-order valence-electron chi connectivity index (χ2n) is 4.23. The van der Waals surface area contributed by atoms with Crippen LogP contribution in [0.2, 0.25) is 0 Å². The van der Waals surface area contributed by atoms with Crippen LogP contribution in [0, 0.1) is 14.9 Å². The van der Waals surface area contributed by atoms with Crippen molar-refractivity contribution in [2.24, 2.45) is 0 Å². The number of benzene rings is 2. The van der Waals surface area contributed by atoms with E-state index in [4.69, 9.17) is 14.7 Å². The minimum atomic E-state index is -0.118. The highest BCUT2D eigenvalue weighted by molar-refractivity contribution is 14.1. The first-order valence-corrected chi connectivity index (χ1v) is 7.21. The fourth-order valence-corrected chi connectivity index (χ4v) is 2.07. The van der Waals surface area contributed by atoms with E-state index in [0.29, 0.717) is 22.6 Å². The Morgan fingerprint density at radius 3 is 2.48 bits per heavy atom. The predicted octanol–water partition coefficient (Wildman–Crippen LogP) is 3.43. The van der Waals surface area contributed by atoms with Gasteiger partial charge in [0.25, 0.3) is 0 Å². The van der Waals surface area contributed by atoms with Gasteiger partial charge in [-0.2, -0.15) is 5.26 Å². The molecule has 21 heavy (non-hydrogen) atoms. The minimum Gasteiger partial charge on any atom is -0.497 e. The van der Waals surface area contributed by atoms with Crippen molar-refractivity contribution in [3.8, 4) is 17.6 Å². The molecule has 0 spiro atoms. The Hall–Kier alpha value is -2.07. The molecule has 0 unspecified atom stereocenters. The average Bonchev–Trinajstić information content (AvgIpc) is 2.52. The summed E-state index contributed by atoms with van der Waals surface area (Å²) in [4.78, 5) is 12.0. The Balaban J connectivity index is 2.07. The zero-order valence-corrected chi connectivity index (χ0v) is 13.5. The summed E-state index contributed by atoms with van der Waals surface area (Å²) < 4.78 is 11.6.